The van der Waals surface area contributed by atoms with Crippen LogP contribution >= 0.6 is 11.3 Å². The number of fused-ring (bicyclic) bond motifs is 2. The van der Waals surface area contributed by atoms with Crippen LogP contribution in [0, 0.1) is 13.8 Å². The van der Waals surface area contributed by atoms with Gasteiger partial charge >= 0.3 is 6.01 Å². The van der Waals surface area contributed by atoms with Crippen molar-refractivity contribution in [1.29, 1.82) is 0 Å². The highest BCUT2D eigenvalue weighted by Crippen LogP contribution is 2.33. The molecule has 0 spiro atoms. The first kappa shape index (κ1) is 13.1. The molecule has 2 heterocycles. The molecule has 0 saturated heterocycles. The monoisotopic (exact) mass is 310 g/mol. The summed E-state index contributed by atoms with van der Waals surface area (Å²) in [6, 6.07) is 10.3. The highest BCUT2D eigenvalue weighted by molar-refractivity contribution is 7.22. The van der Waals surface area contributed by atoms with Crippen molar-refractivity contribution >= 4 is 49.5 Å². The van der Waals surface area contributed by atoms with Crippen molar-refractivity contribution in [3.05, 3.63) is 41.5 Å². The number of benzene rings is 2. The van der Waals surface area contributed by atoms with E-state index in [-0.39, 0.29) is 0 Å². The second kappa shape index (κ2) is 4.71. The standard InChI is InChI=1S/C16H14N4OS/c1-8-3-4-12-11(6-8)18-15(21-12)20-16-19-14-10(17)5-9(2)7-13(14)22-16/h3-7H,17H2,1-2H3,(H,18,19,20). The van der Waals surface area contributed by atoms with E-state index in [1.807, 2.05) is 38.1 Å². The van der Waals surface area contributed by atoms with Crippen molar-refractivity contribution in [2.75, 3.05) is 11.1 Å². The summed E-state index contributed by atoms with van der Waals surface area (Å²) < 4.78 is 6.74. The highest BCUT2D eigenvalue weighted by atomic mass is 32.1. The molecule has 6 heteroatoms. The fourth-order valence-corrected chi connectivity index (χ4v) is 3.42. The number of nitrogens with two attached hydrogens (primary N) is 1. The molecule has 0 saturated carbocycles. The van der Waals surface area contributed by atoms with Gasteiger partial charge < -0.3 is 10.2 Å². The number of nitrogens with one attached hydrogen (secondary N) is 1. The lowest BCUT2D eigenvalue weighted by Gasteiger charge is -1.96. The Balaban J connectivity index is 1.74. The van der Waals surface area contributed by atoms with Gasteiger partial charge in [-0.3, -0.25) is 5.32 Å². The first-order chi connectivity index (χ1) is 10.6. The number of aryl methyl sites for hydroxylation is 2. The van der Waals surface area contributed by atoms with Gasteiger partial charge in [-0.2, -0.15) is 4.98 Å². The van der Waals surface area contributed by atoms with E-state index in [0.29, 0.717) is 11.7 Å². The molecule has 22 heavy (non-hydrogen) atoms. The second-order valence-corrected chi connectivity index (χ2v) is 6.37. The summed E-state index contributed by atoms with van der Waals surface area (Å²) in [5.74, 6) is 0. The quantitative estimate of drug-likeness (QED) is 0.537. The van der Waals surface area contributed by atoms with Gasteiger partial charge in [0.1, 0.15) is 11.0 Å². The van der Waals surface area contributed by atoms with Crippen LogP contribution in [0.25, 0.3) is 21.3 Å². The molecular formula is C16H14N4OS. The average molecular weight is 310 g/mol. The number of nitrogen functional groups attached to an aromatic ring is 1. The lowest BCUT2D eigenvalue weighted by Crippen LogP contribution is -1.90. The second-order valence-electron chi connectivity index (χ2n) is 5.34. The minimum absolute atomic E-state index is 0.440. The van der Waals surface area contributed by atoms with Crippen LogP contribution in [0.4, 0.5) is 16.8 Å². The van der Waals surface area contributed by atoms with Crippen LogP contribution < -0.4 is 11.1 Å². The Morgan fingerprint density at radius 3 is 2.82 bits per heavy atom. The minimum atomic E-state index is 0.440. The van der Waals surface area contributed by atoms with Crippen LogP contribution in [-0.2, 0) is 0 Å². The van der Waals surface area contributed by atoms with Gasteiger partial charge in [0.2, 0.25) is 0 Å². The van der Waals surface area contributed by atoms with E-state index in [9.17, 15) is 0 Å². The van der Waals surface area contributed by atoms with Crippen molar-refractivity contribution in [2.45, 2.75) is 13.8 Å². The number of hydrogen-bond donors (Lipinski definition) is 2. The molecule has 0 atom stereocenters. The molecule has 4 rings (SSSR count). The Kier molecular flexibility index (Phi) is 2.80. The molecule has 2 aromatic carbocycles. The van der Waals surface area contributed by atoms with Gasteiger partial charge in [-0.15, -0.1) is 0 Å². The number of thiazole rings is 1. The Hall–Kier alpha value is -2.60. The smallest absolute Gasteiger partial charge is 0.302 e. The molecule has 0 amide bonds. The maximum absolute atomic E-state index is 6.02. The third-order valence-corrected chi connectivity index (χ3v) is 4.34. The zero-order valence-electron chi connectivity index (χ0n) is 12.2. The molecule has 0 aliphatic rings. The van der Waals surface area contributed by atoms with Crippen LogP contribution in [-0.4, -0.2) is 9.97 Å². The lowest BCUT2D eigenvalue weighted by molar-refractivity contribution is 0.623. The van der Waals surface area contributed by atoms with Gasteiger partial charge in [-0.1, -0.05) is 17.4 Å². The number of oxazole rings is 1. The number of aromatic nitrogens is 2. The molecule has 0 unspecified atom stereocenters. The predicted octanol–water partition coefficient (Wildman–Crippen LogP) is 4.38. The Morgan fingerprint density at radius 1 is 1.09 bits per heavy atom. The molecule has 0 radical (unpaired) electrons. The summed E-state index contributed by atoms with van der Waals surface area (Å²) >= 11 is 1.53. The Labute approximate surface area is 130 Å². The zero-order valence-corrected chi connectivity index (χ0v) is 13.0. The molecule has 110 valence electrons. The maximum atomic E-state index is 6.02. The van der Waals surface area contributed by atoms with Crippen LogP contribution in [0.1, 0.15) is 11.1 Å². The zero-order chi connectivity index (χ0) is 15.3. The van der Waals surface area contributed by atoms with Crippen molar-refractivity contribution in [1.82, 2.24) is 9.97 Å². The van der Waals surface area contributed by atoms with E-state index < -0.39 is 0 Å². The van der Waals surface area contributed by atoms with Gasteiger partial charge in [0.25, 0.3) is 0 Å². The van der Waals surface area contributed by atoms with Gasteiger partial charge in [0.05, 0.1) is 10.4 Å². The van der Waals surface area contributed by atoms with E-state index in [1.165, 1.54) is 11.3 Å². The van der Waals surface area contributed by atoms with Gasteiger partial charge in [-0.05, 0) is 49.2 Å². The van der Waals surface area contributed by atoms with Gasteiger partial charge in [0.15, 0.2) is 10.7 Å². The normalized spacial score (nSPS) is 11.4. The summed E-state index contributed by atoms with van der Waals surface area (Å²) in [7, 11) is 0. The van der Waals surface area contributed by atoms with Crippen molar-refractivity contribution < 1.29 is 4.42 Å². The highest BCUT2D eigenvalue weighted by Gasteiger charge is 2.11. The molecule has 2 aromatic heterocycles. The average Bonchev–Trinajstić information content (AvgIpc) is 3.01. The van der Waals surface area contributed by atoms with Crippen molar-refractivity contribution in [3.63, 3.8) is 0 Å². The minimum Gasteiger partial charge on any atom is -0.423 e. The van der Waals surface area contributed by atoms with E-state index >= 15 is 0 Å². The fourth-order valence-electron chi connectivity index (χ4n) is 2.43. The number of nitrogens with zero attached hydrogens (tertiary/aromatic N) is 2. The molecule has 3 N–H and O–H groups in total. The summed E-state index contributed by atoms with van der Waals surface area (Å²) in [5, 5.41) is 3.84. The van der Waals surface area contributed by atoms with Crippen LogP contribution in [0.15, 0.2) is 34.7 Å². The molecule has 5 nitrogen and oxygen atoms in total. The van der Waals surface area contributed by atoms with Gasteiger partial charge in [-0.25, -0.2) is 4.98 Å². The summed E-state index contributed by atoms with van der Waals surface area (Å²) in [5.41, 5.74) is 11.4. The number of anilines is 3. The first-order valence-electron chi connectivity index (χ1n) is 6.89. The summed E-state index contributed by atoms with van der Waals surface area (Å²) in [6.45, 7) is 4.05. The first-order valence-corrected chi connectivity index (χ1v) is 7.71. The maximum Gasteiger partial charge on any atom is 0.302 e. The molecule has 4 aromatic rings. The number of rotatable bonds is 2. The van der Waals surface area contributed by atoms with Crippen LogP contribution in [0.2, 0.25) is 0 Å². The predicted molar refractivity (Wildman–Crippen MR) is 90.8 cm³/mol. The van der Waals surface area contributed by atoms with Crippen LogP contribution in [0.3, 0.4) is 0 Å². The van der Waals surface area contributed by atoms with E-state index in [1.54, 1.807) is 0 Å². The van der Waals surface area contributed by atoms with E-state index in [0.717, 1.165) is 37.6 Å². The van der Waals surface area contributed by atoms with E-state index in [2.05, 4.69) is 21.4 Å². The van der Waals surface area contributed by atoms with Gasteiger partial charge in [0, 0.05) is 0 Å². The Morgan fingerprint density at radius 2 is 1.95 bits per heavy atom. The topological polar surface area (TPSA) is 77.0 Å². The lowest BCUT2D eigenvalue weighted by atomic mass is 10.2. The SMILES string of the molecule is Cc1ccc2oc(Nc3nc4c(N)cc(C)cc4s3)nc2c1. The Bertz CT molecular complexity index is 1000. The molecule has 0 bridgehead atoms. The third-order valence-electron chi connectivity index (χ3n) is 3.43. The number of hydrogen-bond acceptors (Lipinski definition) is 6. The molecular weight excluding hydrogens is 296 g/mol. The largest absolute Gasteiger partial charge is 0.423 e. The molecule has 0 fully saturated rings. The fraction of sp³-hybridized carbons (Fsp3) is 0.125. The third kappa shape index (κ3) is 2.17. The molecule has 0 aliphatic heterocycles. The molecule has 0 aliphatic carbocycles. The summed E-state index contributed by atoms with van der Waals surface area (Å²) in [6.07, 6.45) is 0. The van der Waals surface area contributed by atoms with Crippen LogP contribution in [0.5, 0.6) is 0 Å². The van der Waals surface area contributed by atoms with Crippen molar-refractivity contribution in [2.24, 2.45) is 0 Å². The summed E-state index contributed by atoms with van der Waals surface area (Å²) in [4.78, 5) is 8.96. The van der Waals surface area contributed by atoms with Crippen molar-refractivity contribution in [3.8, 4) is 0 Å². The van der Waals surface area contributed by atoms with E-state index in [4.69, 9.17) is 10.2 Å².